The first-order valence-electron chi connectivity index (χ1n) is 2.61. The Bertz CT molecular complexity index is 134. The van der Waals surface area contributed by atoms with E-state index in [2.05, 4.69) is 4.98 Å². The maximum absolute atomic E-state index is 5.47. The van der Waals surface area contributed by atoms with E-state index in [1.807, 2.05) is 18.3 Å². The largest absolute Gasteiger partial charge is 0.365 e. The summed E-state index contributed by atoms with van der Waals surface area (Å²) in [5.74, 6) is 0.695. The summed E-state index contributed by atoms with van der Waals surface area (Å²) in [5, 5.41) is 0. The van der Waals surface area contributed by atoms with Crippen molar-refractivity contribution in [1.82, 2.24) is 4.98 Å². The van der Waals surface area contributed by atoms with Crippen LogP contribution >= 0.6 is 11.6 Å². The molecule has 1 N–H and O–H groups in total. The van der Waals surface area contributed by atoms with Gasteiger partial charge in [0.25, 0.3) is 0 Å². The molecule has 0 aliphatic carbocycles. The molecule has 44 valence electrons. The van der Waals surface area contributed by atoms with Gasteiger partial charge in [0.15, 0.2) is 0 Å². The molecule has 1 aromatic rings. The van der Waals surface area contributed by atoms with Crippen LogP contribution in [0.5, 0.6) is 0 Å². The number of alkyl halides is 1. The van der Waals surface area contributed by atoms with Gasteiger partial charge in [0.05, 0.1) is 0 Å². The van der Waals surface area contributed by atoms with Gasteiger partial charge < -0.3 is 4.98 Å². The first-order valence-corrected chi connectivity index (χ1v) is 3.15. The number of nitrogens with one attached hydrogen (secondary N) is 1. The fourth-order valence-electron chi connectivity index (χ4n) is 0.625. The average molecular weight is 130 g/mol. The van der Waals surface area contributed by atoms with Crippen molar-refractivity contribution < 1.29 is 0 Å². The Hall–Kier alpha value is -0.430. The van der Waals surface area contributed by atoms with E-state index in [-0.39, 0.29) is 0 Å². The fourth-order valence-corrected chi connectivity index (χ4v) is 0.828. The molecule has 0 fully saturated rings. The normalized spacial score (nSPS) is 9.62. The number of rotatable bonds is 2. The van der Waals surface area contributed by atoms with Crippen LogP contribution in [0.25, 0.3) is 0 Å². The van der Waals surface area contributed by atoms with Gasteiger partial charge >= 0.3 is 0 Å². The number of aromatic nitrogens is 1. The van der Waals surface area contributed by atoms with Crippen LogP contribution in [0.4, 0.5) is 0 Å². The highest BCUT2D eigenvalue weighted by Gasteiger charge is 1.86. The van der Waals surface area contributed by atoms with E-state index in [4.69, 9.17) is 11.6 Å². The molecular formula is C6H8ClN. The molecular weight excluding hydrogens is 122 g/mol. The summed E-state index contributed by atoms with van der Waals surface area (Å²) in [7, 11) is 0. The molecule has 0 unspecified atom stereocenters. The van der Waals surface area contributed by atoms with Crippen LogP contribution < -0.4 is 0 Å². The predicted molar refractivity (Wildman–Crippen MR) is 35.2 cm³/mol. The van der Waals surface area contributed by atoms with Crippen molar-refractivity contribution in [1.29, 1.82) is 0 Å². The van der Waals surface area contributed by atoms with Crippen molar-refractivity contribution in [3.63, 3.8) is 0 Å². The van der Waals surface area contributed by atoms with Crippen LogP contribution in [-0.2, 0) is 6.42 Å². The monoisotopic (exact) mass is 129 g/mol. The van der Waals surface area contributed by atoms with Crippen LogP contribution in [0.2, 0.25) is 0 Å². The lowest BCUT2D eigenvalue weighted by Crippen LogP contribution is -1.82. The number of aromatic amines is 1. The molecule has 0 spiro atoms. The summed E-state index contributed by atoms with van der Waals surface area (Å²) >= 11 is 5.47. The highest BCUT2D eigenvalue weighted by atomic mass is 35.5. The molecule has 1 nitrogen and oxygen atoms in total. The maximum Gasteiger partial charge on any atom is 0.0278 e. The number of H-pyrrole nitrogens is 1. The van der Waals surface area contributed by atoms with E-state index in [0.29, 0.717) is 5.88 Å². The zero-order valence-corrected chi connectivity index (χ0v) is 5.28. The number of hydrogen-bond donors (Lipinski definition) is 1. The lowest BCUT2D eigenvalue weighted by molar-refractivity contribution is 1.07. The molecule has 1 heterocycles. The van der Waals surface area contributed by atoms with Gasteiger partial charge in [0, 0.05) is 24.2 Å². The zero-order chi connectivity index (χ0) is 5.82. The minimum absolute atomic E-state index is 0.695. The molecule has 1 rings (SSSR count). The smallest absolute Gasteiger partial charge is 0.0278 e. The Morgan fingerprint density at radius 2 is 2.50 bits per heavy atom. The zero-order valence-electron chi connectivity index (χ0n) is 4.52. The molecule has 0 atom stereocenters. The maximum atomic E-state index is 5.47. The molecule has 0 aromatic carbocycles. The van der Waals surface area contributed by atoms with Crippen LogP contribution in [0.3, 0.4) is 0 Å². The van der Waals surface area contributed by atoms with E-state index in [1.54, 1.807) is 0 Å². The van der Waals surface area contributed by atoms with Crippen LogP contribution in [-0.4, -0.2) is 10.9 Å². The molecule has 0 bridgehead atoms. The molecule has 0 aliphatic rings. The predicted octanol–water partition coefficient (Wildman–Crippen LogP) is 1.80. The van der Waals surface area contributed by atoms with Gasteiger partial charge in [-0.15, -0.1) is 11.6 Å². The van der Waals surface area contributed by atoms with Gasteiger partial charge in [-0.25, -0.2) is 0 Å². The number of aryl methyl sites for hydroxylation is 1. The highest BCUT2D eigenvalue weighted by Crippen LogP contribution is 1.95. The van der Waals surface area contributed by atoms with Gasteiger partial charge in [0.2, 0.25) is 0 Å². The van der Waals surface area contributed by atoms with E-state index >= 15 is 0 Å². The molecule has 0 saturated carbocycles. The lowest BCUT2D eigenvalue weighted by Gasteiger charge is -1.86. The third kappa shape index (κ3) is 1.27. The Kier molecular flexibility index (Phi) is 1.98. The molecule has 0 saturated heterocycles. The van der Waals surface area contributed by atoms with Gasteiger partial charge in [-0.2, -0.15) is 0 Å². The molecule has 0 amide bonds. The van der Waals surface area contributed by atoms with Crippen molar-refractivity contribution in [2.45, 2.75) is 6.42 Å². The van der Waals surface area contributed by atoms with Gasteiger partial charge in [-0.05, 0) is 12.1 Å². The second kappa shape index (κ2) is 2.78. The summed E-state index contributed by atoms with van der Waals surface area (Å²) in [6, 6.07) is 4.00. The highest BCUT2D eigenvalue weighted by molar-refractivity contribution is 6.17. The van der Waals surface area contributed by atoms with E-state index in [9.17, 15) is 0 Å². The van der Waals surface area contributed by atoms with Crippen LogP contribution in [0.1, 0.15) is 5.69 Å². The van der Waals surface area contributed by atoms with E-state index < -0.39 is 0 Å². The van der Waals surface area contributed by atoms with Gasteiger partial charge in [-0.3, -0.25) is 0 Å². The minimum Gasteiger partial charge on any atom is -0.365 e. The lowest BCUT2D eigenvalue weighted by atomic mass is 10.3. The second-order valence-corrected chi connectivity index (χ2v) is 2.01. The first-order chi connectivity index (χ1) is 3.93. The summed E-state index contributed by atoms with van der Waals surface area (Å²) in [5.41, 5.74) is 1.21. The minimum atomic E-state index is 0.695. The average Bonchev–Trinajstić information content (AvgIpc) is 2.19. The Balaban J connectivity index is 2.50. The molecule has 8 heavy (non-hydrogen) atoms. The standard InChI is InChI=1S/C6H8ClN/c7-4-3-6-2-1-5-8-6/h1-2,5,8H,3-4H2. The van der Waals surface area contributed by atoms with Crippen molar-refractivity contribution in [2.24, 2.45) is 0 Å². The Labute approximate surface area is 53.7 Å². The molecule has 0 radical (unpaired) electrons. The third-order valence-electron chi connectivity index (χ3n) is 1.03. The Morgan fingerprint density at radius 1 is 1.62 bits per heavy atom. The van der Waals surface area contributed by atoms with Crippen molar-refractivity contribution in [2.75, 3.05) is 5.88 Å². The molecule has 2 heteroatoms. The quantitative estimate of drug-likeness (QED) is 0.586. The van der Waals surface area contributed by atoms with Crippen molar-refractivity contribution in [3.8, 4) is 0 Å². The fraction of sp³-hybridized carbons (Fsp3) is 0.333. The number of halogens is 1. The van der Waals surface area contributed by atoms with E-state index in [1.165, 1.54) is 5.69 Å². The molecule has 1 aromatic heterocycles. The molecule has 0 aliphatic heterocycles. The summed E-state index contributed by atoms with van der Waals surface area (Å²) in [6.07, 6.45) is 2.84. The summed E-state index contributed by atoms with van der Waals surface area (Å²) < 4.78 is 0. The number of hydrogen-bond acceptors (Lipinski definition) is 0. The van der Waals surface area contributed by atoms with Crippen LogP contribution in [0, 0.1) is 0 Å². The van der Waals surface area contributed by atoms with Crippen LogP contribution in [0.15, 0.2) is 18.3 Å². The van der Waals surface area contributed by atoms with E-state index in [0.717, 1.165) is 6.42 Å². The van der Waals surface area contributed by atoms with Gasteiger partial charge in [0.1, 0.15) is 0 Å². The van der Waals surface area contributed by atoms with Gasteiger partial charge in [-0.1, -0.05) is 0 Å². The second-order valence-electron chi connectivity index (χ2n) is 1.63. The first kappa shape index (κ1) is 5.70. The van der Waals surface area contributed by atoms with Crippen molar-refractivity contribution in [3.05, 3.63) is 24.0 Å². The summed E-state index contributed by atoms with van der Waals surface area (Å²) in [6.45, 7) is 0. The Morgan fingerprint density at radius 3 is 3.00 bits per heavy atom. The third-order valence-corrected chi connectivity index (χ3v) is 1.22. The topological polar surface area (TPSA) is 15.8 Å². The summed E-state index contributed by atoms with van der Waals surface area (Å²) in [4.78, 5) is 3.05. The van der Waals surface area contributed by atoms with Crippen molar-refractivity contribution >= 4 is 11.6 Å². The SMILES string of the molecule is ClCCc1ccc[nH]1.